The highest BCUT2D eigenvalue weighted by atomic mass is 16.7. The topological polar surface area (TPSA) is 149 Å². The Hall–Kier alpha value is -1.33. The predicted molar refractivity (Wildman–Crippen MR) is 378 cm³/mol. The molecule has 0 aromatic heterocycles. The van der Waals surface area contributed by atoms with Crippen molar-refractivity contribution in [3.8, 4) is 0 Å². The van der Waals surface area contributed by atoms with Crippen LogP contribution in [-0.4, -0.2) is 87.5 Å². The van der Waals surface area contributed by atoms with Crippen LogP contribution in [0.25, 0.3) is 0 Å². The Bertz CT molecular complexity index is 1440. The summed E-state index contributed by atoms with van der Waals surface area (Å²) in [5.41, 5.74) is 0. The van der Waals surface area contributed by atoms with Crippen molar-refractivity contribution < 1.29 is 39.8 Å². The van der Waals surface area contributed by atoms with E-state index in [-0.39, 0.29) is 12.5 Å². The third-order valence-corrected chi connectivity index (χ3v) is 19.3. The number of carbonyl (C=O) groups is 1. The minimum atomic E-state index is -1.57. The SMILES string of the molecule is CCCCCCCCCCCCCCCCCCCCCCCCCCCC/C=C/CC/C=C/C(O)C(COC1OC(CO)C(O)C(O)C1O)NC(=O)CCCCCCCCCCCCCCCCCCCCCCCCCCCCCCCCCCC. The number of rotatable bonds is 71. The fraction of sp³-hybridized carbons (Fsp3) is 0.937. The molecule has 7 atom stereocenters. The average molecular weight is 1250 g/mol. The average Bonchev–Trinajstić information content (AvgIpc) is 3.29. The van der Waals surface area contributed by atoms with Gasteiger partial charge in [0.1, 0.15) is 24.4 Å². The molecule has 1 fully saturated rings. The van der Waals surface area contributed by atoms with Crippen molar-refractivity contribution >= 4 is 5.91 Å². The van der Waals surface area contributed by atoms with Gasteiger partial charge in [0.2, 0.25) is 5.91 Å². The molecule has 522 valence electrons. The summed E-state index contributed by atoms with van der Waals surface area (Å²) in [5.74, 6) is -0.176. The second kappa shape index (κ2) is 68.5. The number of hydrogen-bond donors (Lipinski definition) is 6. The number of unbranched alkanes of at least 4 members (excludes halogenated alkanes) is 59. The molecule has 1 amide bonds. The quantitative estimate of drug-likeness (QED) is 0.0261. The molecule has 88 heavy (non-hydrogen) atoms. The molecule has 7 unspecified atom stereocenters. The van der Waals surface area contributed by atoms with E-state index in [1.54, 1.807) is 6.08 Å². The number of allylic oxidation sites excluding steroid dienone is 3. The van der Waals surface area contributed by atoms with Crippen molar-refractivity contribution in [2.45, 2.75) is 461 Å². The van der Waals surface area contributed by atoms with Gasteiger partial charge in [-0.15, -0.1) is 0 Å². The van der Waals surface area contributed by atoms with Crippen LogP contribution in [0, 0.1) is 0 Å². The maximum atomic E-state index is 13.2. The predicted octanol–water partition coefficient (Wildman–Crippen LogP) is 22.4. The minimum absolute atomic E-state index is 0.176. The monoisotopic (exact) mass is 1240 g/mol. The van der Waals surface area contributed by atoms with Crippen LogP contribution < -0.4 is 5.32 Å². The zero-order valence-electron chi connectivity index (χ0n) is 58.8. The lowest BCUT2D eigenvalue weighted by Crippen LogP contribution is -2.60. The van der Waals surface area contributed by atoms with E-state index in [0.717, 1.165) is 38.5 Å². The molecule has 1 heterocycles. The first kappa shape index (κ1) is 84.7. The van der Waals surface area contributed by atoms with Crippen LogP contribution in [0.2, 0.25) is 0 Å². The summed E-state index contributed by atoms with van der Waals surface area (Å²) in [4.78, 5) is 13.2. The van der Waals surface area contributed by atoms with Crippen LogP contribution in [-0.2, 0) is 14.3 Å². The fourth-order valence-corrected chi connectivity index (χ4v) is 13.1. The Kier molecular flexibility index (Phi) is 65.9. The van der Waals surface area contributed by atoms with Crippen LogP contribution in [0.1, 0.15) is 418 Å². The summed E-state index contributed by atoms with van der Waals surface area (Å²) in [6.45, 7) is 3.84. The molecule has 9 nitrogen and oxygen atoms in total. The van der Waals surface area contributed by atoms with E-state index in [2.05, 4.69) is 31.3 Å². The van der Waals surface area contributed by atoms with Gasteiger partial charge in [-0.3, -0.25) is 4.79 Å². The molecule has 0 bridgehead atoms. The molecule has 1 aliphatic heterocycles. The van der Waals surface area contributed by atoms with Crippen molar-refractivity contribution in [1.82, 2.24) is 5.32 Å². The molecule has 0 radical (unpaired) electrons. The highest BCUT2D eigenvalue weighted by Crippen LogP contribution is 2.24. The molecule has 0 aromatic rings. The van der Waals surface area contributed by atoms with Crippen molar-refractivity contribution in [2.24, 2.45) is 0 Å². The second-order valence-corrected chi connectivity index (χ2v) is 27.9. The maximum Gasteiger partial charge on any atom is 0.220 e. The van der Waals surface area contributed by atoms with Crippen molar-refractivity contribution in [3.05, 3.63) is 24.3 Å². The van der Waals surface area contributed by atoms with E-state index in [4.69, 9.17) is 9.47 Å². The molecular formula is C79H153NO8. The van der Waals surface area contributed by atoms with E-state index < -0.39 is 49.5 Å². The number of aliphatic hydroxyl groups excluding tert-OH is 5. The molecule has 6 N–H and O–H groups in total. The van der Waals surface area contributed by atoms with Gasteiger partial charge in [0.15, 0.2) is 6.29 Å². The van der Waals surface area contributed by atoms with Gasteiger partial charge in [0, 0.05) is 6.42 Å². The van der Waals surface area contributed by atoms with Gasteiger partial charge >= 0.3 is 0 Å². The largest absolute Gasteiger partial charge is 0.394 e. The summed E-state index contributed by atoms with van der Waals surface area (Å²) in [6.07, 6.45) is 84.8. The molecule has 0 saturated carbocycles. The number of amides is 1. The molecule has 1 aliphatic rings. The number of hydrogen-bond acceptors (Lipinski definition) is 8. The normalized spacial score (nSPS) is 17.9. The zero-order chi connectivity index (χ0) is 63.5. The van der Waals surface area contributed by atoms with Crippen LogP contribution in [0.5, 0.6) is 0 Å². The van der Waals surface area contributed by atoms with E-state index in [0.29, 0.717) is 6.42 Å². The van der Waals surface area contributed by atoms with Crippen LogP contribution in [0.4, 0.5) is 0 Å². The summed E-state index contributed by atoms with van der Waals surface area (Å²) < 4.78 is 11.3. The Balaban J connectivity index is 2.08. The summed E-state index contributed by atoms with van der Waals surface area (Å²) in [5, 5.41) is 54.9. The lowest BCUT2D eigenvalue weighted by molar-refractivity contribution is -0.302. The Labute approximate surface area is 547 Å². The van der Waals surface area contributed by atoms with Gasteiger partial charge in [-0.25, -0.2) is 0 Å². The molecule has 1 saturated heterocycles. The van der Waals surface area contributed by atoms with Crippen LogP contribution in [0.3, 0.4) is 0 Å². The lowest BCUT2D eigenvalue weighted by Gasteiger charge is -2.40. The fourth-order valence-electron chi connectivity index (χ4n) is 13.1. The van der Waals surface area contributed by atoms with Gasteiger partial charge in [0.25, 0.3) is 0 Å². The molecule has 0 aliphatic carbocycles. The summed E-state index contributed by atoms with van der Waals surface area (Å²) >= 11 is 0. The van der Waals surface area contributed by atoms with E-state index in [1.165, 1.54) is 360 Å². The lowest BCUT2D eigenvalue weighted by atomic mass is 9.99. The first-order chi connectivity index (χ1) is 43.3. The van der Waals surface area contributed by atoms with Gasteiger partial charge in [-0.2, -0.15) is 0 Å². The highest BCUT2D eigenvalue weighted by molar-refractivity contribution is 5.76. The molecular weight excluding hydrogens is 1090 g/mol. The maximum absolute atomic E-state index is 13.2. The first-order valence-electron chi connectivity index (χ1n) is 39.6. The Morgan fingerprint density at radius 3 is 0.955 bits per heavy atom. The first-order valence-corrected chi connectivity index (χ1v) is 39.6. The molecule has 1 rings (SSSR count). The molecule has 9 heteroatoms. The number of aliphatic hydroxyl groups is 5. The minimum Gasteiger partial charge on any atom is -0.394 e. The molecule has 0 spiro atoms. The van der Waals surface area contributed by atoms with Crippen molar-refractivity contribution in [1.29, 1.82) is 0 Å². The smallest absolute Gasteiger partial charge is 0.220 e. The van der Waals surface area contributed by atoms with Gasteiger partial charge in [-0.1, -0.05) is 404 Å². The van der Waals surface area contributed by atoms with Gasteiger partial charge in [0.05, 0.1) is 25.4 Å². The third kappa shape index (κ3) is 56.2. The van der Waals surface area contributed by atoms with E-state index in [9.17, 15) is 30.3 Å². The Morgan fingerprint density at radius 1 is 0.375 bits per heavy atom. The number of carbonyl (C=O) groups excluding carboxylic acids is 1. The molecule has 0 aromatic carbocycles. The van der Waals surface area contributed by atoms with E-state index >= 15 is 0 Å². The Morgan fingerprint density at radius 2 is 0.648 bits per heavy atom. The van der Waals surface area contributed by atoms with E-state index in [1.807, 2.05) is 6.08 Å². The highest BCUT2D eigenvalue weighted by Gasteiger charge is 2.44. The summed E-state index contributed by atoms with van der Waals surface area (Å²) in [7, 11) is 0. The third-order valence-electron chi connectivity index (χ3n) is 19.3. The van der Waals surface area contributed by atoms with Crippen molar-refractivity contribution in [2.75, 3.05) is 13.2 Å². The van der Waals surface area contributed by atoms with Crippen LogP contribution >= 0.6 is 0 Å². The van der Waals surface area contributed by atoms with Gasteiger partial charge < -0.3 is 40.3 Å². The number of ether oxygens (including phenoxy) is 2. The van der Waals surface area contributed by atoms with Crippen molar-refractivity contribution in [3.63, 3.8) is 0 Å². The number of nitrogens with one attached hydrogen (secondary N) is 1. The second-order valence-electron chi connectivity index (χ2n) is 27.9. The van der Waals surface area contributed by atoms with Crippen LogP contribution in [0.15, 0.2) is 24.3 Å². The zero-order valence-corrected chi connectivity index (χ0v) is 58.8. The summed E-state index contributed by atoms with van der Waals surface area (Å²) in [6, 6.07) is -0.821. The van der Waals surface area contributed by atoms with Gasteiger partial charge in [-0.05, 0) is 32.1 Å². The standard InChI is InChI=1S/C79H153NO8/c1-3-5-7-9-11-13-15-17-19-21-23-25-27-29-31-33-35-37-39-41-43-45-47-49-51-53-55-57-59-61-63-65-67-69-75(83)80-72(71-87-79-78(86)77(85)76(84)74(70-81)88-79)73(82)68-66-64-62-60-58-56-54-52-50-48-46-44-42-40-38-36-34-32-30-28-26-24-22-20-18-16-14-12-10-8-6-4-2/h58,60,66,68,72-74,76-79,81-82,84-86H,3-57,59,61-65,67,69-71H2,1-2H3,(H,80,83)/b60-58+,68-66+.